The number of carbonyl (C=O) groups is 2. The fourth-order valence-electron chi connectivity index (χ4n) is 4.43. The molecule has 0 aliphatic carbocycles. The molecule has 0 spiro atoms. The van der Waals surface area contributed by atoms with Gasteiger partial charge in [-0.15, -0.1) is 0 Å². The van der Waals surface area contributed by atoms with Crippen LogP contribution in [0.2, 0.25) is 0 Å². The number of nitrogens with zero attached hydrogens (tertiary/aromatic N) is 1. The zero-order valence-corrected chi connectivity index (χ0v) is 21.8. The number of hydrogen-bond donors (Lipinski definition) is 1. The van der Waals surface area contributed by atoms with Crippen molar-refractivity contribution in [3.8, 4) is 5.75 Å². The summed E-state index contributed by atoms with van der Waals surface area (Å²) in [4.78, 5) is 28.5. The van der Waals surface area contributed by atoms with Crippen LogP contribution in [0, 0.1) is 26.7 Å². The van der Waals surface area contributed by atoms with Gasteiger partial charge in [0.25, 0.3) is 5.24 Å². The molecule has 1 aliphatic rings. The molecule has 3 rings (SSSR count). The fraction of sp³-hybridized carbons (Fsp3) is 0.519. The van der Waals surface area contributed by atoms with Crippen LogP contribution in [0.5, 0.6) is 5.75 Å². The van der Waals surface area contributed by atoms with Gasteiger partial charge in [0.05, 0.1) is 5.25 Å². The third kappa shape index (κ3) is 5.60. The maximum absolute atomic E-state index is 12.1. The van der Waals surface area contributed by atoms with Crippen LogP contribution < -0.4 is 10.1 Å². The molecule has 0 bridgehead atoms. The molecule has 33 heavy (non-hydrogen) atoms. The molecule has 2 amide bonds. The Morgan fingerprint density at radius 3 is 2.21 bits per heavy atom. The number of aromatic nitrogens is 1. The average molecular weight is 469 g/mol. The Hall–Kier alpha value is -2.34. The number of benzene rings is 1. The quantitative estimate of drug-likeness (QED) is 0.497. The molecule has 1 aliphatic heterocycles. The van der Waals surface area contributed by atoms with Crippen LogP contribution >= 0.6 is 11.8 Å². The minimum Gasteiger partial charge on any atom is -0.490 e. The summed E-state index contributed by atoms with van der Waals surface area (Å²) in [5, 5.41) is 1.73. The van der Waals surface area contributed by atoms with Crippen molar-refractivity contribution in [2.75, 3.05) is 0 Å². The highest BCUT2D eigenvalue weighted by molar-refractivity contribution is 8.15. The SMILES string of the molecule is Cc1nc(CC(C)Oc2ccc(C(C)C3SC(=O)NC3=O)c(C)c2C)ccc1C(C)C(C)C. The number of nitrogens with one attached hydrogen (secondary N) is 1. The van der Waals surface area contributed by atoms with Crippen LogP contribution in [-0.2, 0) is 11.2 Å². The number of rotatable bonds is 8. The molecule has 6 heteroatoms. The van der Waals surface area contributed by atoms with E-state index >= 15 is 0 Å². The van der Waals surface area contributed by atoms with Gasteiger partial charge in [-0.3, -0.25) is 19.9 Å². The lowest BCUT2D eigenvalue weighted by Gasteiger charge is -2.23. The first-order valence-corrected chi connectivity index (χ1v) is 12.6. The van der Waals surface area contributed by atoms with E-state index < -0.39 is 5.25 Å². The highest BCUT2D eigenvalue weighted by Gasteiger charge is 2.37. The van der Waals surface area contributed by atoms with Crippen LogP contribution in [0.15, 0.2) is 24.3 Å². The summed E-state index contributed by atoms with van der Waals surface area (Å²) >= 11 is 1.07. The van der Waals surface area contributed by atoms with Crippen LogP contribution in [-0.4, -0.2) is 27.5 Å². The van der Waals surface area contributed by atoms with Gasteiger partial charge in [-0.1, -0.05) is 51.6 Å². The number of ether oxygens (including phenoxy) is 1. The van der Waals surface area contributed by atoms with Gasteiger partial charge in [0, 0.05) is 23.7 Å². The summed E-state index contributed by atoms with van der Waals surface area (Å²) in [6.07, 6.45) is 0.704. The first kappa shape index (κ1) is 25.3. The smallest absolute Gasteiger partial charge is 0.286 e. The second kappa shape index (κ2) is 10.3. The van der Waals surface area contributed by atoms with Gasteiger partial charge in [-0.05, 0) is 73.9 Å². The molecule has 1 saturated heterocycles. The maximum atomic E-state index is 12.1. The predicted molar refractivity (Wildman–Crippen MR) is 135 cm³/mol. The van der Waals surface area contributed by atoms with E-state index in [0.29, 0.717) is 11.8 Å². The first-order valence-electron chi connectivity index (χ1n) is 11.7. The molecule has 0 saturated carbocycles. The average Bonchev–Trinajstić information content (AvgIpc) is 3.08. The van der Waals surface area contributed by atoms with Gasteiger partial charge >= 0.3 is 0 Å². The van der Waals surface area contributed by atoms with E-state index in [0.717, 1.165) is 52.0 Å². The number of aryl methyl sites for hydroxylation is 1. The second-order valence-electron chi connectivity index (χ2n) is 9.65. The van der Waals surface area contributed by atoms with E-state index in [9.17, 15) is 9.59 Å². The van der Waals surface area contributed by atoms with Crippen LogP contribution in [0.1, 0.15) is 80.1 Å². The molecular weight excluding hydrogens is 432 g/mol. The molecule has 5 nitrogen and oxygen atoms in total. The van der Waals surface area contributed by atoms with Gasteiger partial charge in [-0.25, -0.2) is 0 Å². The van der Waals surface area contributed by atoms with E-state index in [1.54, 1.807) is 0 Å². The van der Waals surface area contributed by atoms with Crippen molar-refractivity contribution in [2.45, 2.75) is 85.0 Å². The van der Waals surface area contributed by atoms with Crippen LogP contribution in [0.4, 0.5) is 4.79 Å². The number of hydrogen-bond acceptors (Lipinski definition) is 5. The summed E-state index contributed by atoms with van der Waals surface area (Å²) in [5.74, 6) is 1.64. The lowest BCUT2D eigenvalue weighted by molar-refractivity contribution is -0.119. The highest BCUT2D eigenvalue weighted by Crippen LogP contribution is 2.37. The van der Waals surface area contributed by atoms with Crippen molar-refractivity contribution in [3.63, 3.8) is 0 Å². The lowest BCUT2D eigenvalue weighted by Crippen LogP contribution is -2.27. The normalized spacial score (nSPS) is 18.9. The summed E-state index contributed by atoms with van der Waals surface area (Å²) in [6.45, 7) is 17.0. The molecule has 1 fully saturated rings. The zero-order valence-electron chi connectivity index (χ0n) is 21.0. The molecule has 1 N–H and O–H groups in total. The lowest BCUT2D eigenvalue weighted by atomic mass is 9.89. The molecule has 1 aromatic heterocycles. The molecule has 178 valence electrons. The molecule has 0 radical (unpaired) electrons. The van der Waals surface area contributed by atoms with Gasteiger partial charge in [-0.2, -0.15) is 0 Å². The number of thioether (sulfide) groups is 1. The van der Waals surface area contributed by atoms with Crippen LogP contribution in [0.3, 0.4) is 0 Å². The molecule has 2 heterocycles. The molecular formula is C27H36N2O3S. The van der Waals surface area contributed by atoms with Crippen molar-refractivity contribution in [1.82, 2.24) is 10.3 Å². The standard InChI is InChI=1S/C27H36N2O3S/c1-14(2)16(4)23-10-9-21(28-20(23)8)13-15(3)32-24-12-11-22(17(5)18(24)6)19(7)25-26(30)29-27(31)33-25/h9-12,14-16,19,25H,13H2,1-8H3,(H,29,30,31). The molecule has 2 aromatic rings. The minimum absolute atomic E-state index is 0.0274. The Kier molecular flexibility index (Phi) is 7.88. The summed E-state index contributed by atoms with van der Waals surface area (Å²) < 4.78 is 6.31. The third-order valence-corrected chi connectivity index (χ3v) is 8.13. The fourth-order valence-corrected chi connectivity index (χ4v) is 5.34. The molecule has 4 atom stereocenters. The largest absolute Gasteiger partial charge is 0.490 e. The van der Waals surface area contributed by atoms with E-state index in [-0.39, 0.29) is 23.2 Å². The Balaban J connectivity index is 1.71. The number of carbonyl (C=O) groups excluding carboxylic acids is 2. The number of pyridine rings is 1. The van der Waals surface area contributed by atoms with E-state index in [1.165, 1.54) is 5.56 Å². The Morgan fingerprint density at radius 1 is 0.970 bits per heavy atom. The van der Waals surface area contributed by atoms with E-state index in [4.69, 9.17) is 9.72 Å². The topological polar surface area (TPSA) is 68.3 Å². The molecule has 4 unspecified atom stereocenters. The number of imide groups is 1. The van der Waals surface area contributed by atoms with Crippen molar-refractivity contribution in [1.29, 1.82) is 0 Å². The first-order chi connectivity index (χ1) is 15.5. The highest BCUT2D eigenvalue weighted by atomic mass is 32.2. The van der Waals surface area contributed by atoms with Gasteiger partial charge in [0.1, 0.15) is 11.9 Å². The molecule has 1 aromatic carbocycles. The monoisotopic (exact) mass is 468 g/mol. The minimum atomic E-state index is -0.392. The number of amides is 2. The van der Waals surface area contributed by atoms with Gasteiger partial charge in [0.2, 0.25) is 5.91 Å². The van der Waals surface area contributed by atoms with Gasteiger partial charge in [0.15, 0.2) is 0 Å². The summed E-state index contributed by atoms with van der Waals surface area (Å²) in [6, 6.07) is 8.34. The van der Waals surface area contributed by atoms with Crippen molar-refractivity contribution in [2.24, 2.45) is 5.92 Å². The Morgan fingerprint density at radius 2 is 1.64 bits per heavy atom. The van der Waals surface area contributed by atoms with Crippen molar-refractivity contribution >= 4 is 22.9 Å². The summed E-state index contributed by atoms with van der Waals surface area (Å²) in [7, 11) is 0. The van der Waals surface area contributed by atoms with Crippen LogP contribution in [0.25, 0.3) is 0 Å². The van der Waals surface area contributed by atoms with Crippen molar-refractivity contribution < 1.29 is 14.3 Å². The second-order valence-corrected chi connectivity index (χ2v) is 10.8. The Bertz CT molecular complexity index is 1050. The zero-order chi connectivity index (χ0) is 24.4. The predicted octanol–water partition coefficient (Wildman–Crippen LogP) is 6.23. The maximum Gasteiger partial charge on any atom is 0.286 e. The summed E-state index contributed by atoms with van der Waals surface area (Å²) in [5.41, 5.74) is 6.68. The van der Waals surface area contributed by atoms with E-state index in [2.05, 4.69) is 59.0 Å². The van der Waals surface area contributed by atoms with Gasteiger partial charge < -0.3 is 4.74 Å². The van der Waals surface area contributed by atoms with E-state index in [1.807, 2.05) is 26.0 Å². The Labute approximate surface area is 202 Å². The third-order valence-electron chi connectivity index (χ3n) is 6.94. The van der Waals surface area contributed by atoms with Crippen molar-refractivity contribution in [3.05, 3.63) is 57.9 Å².